The zero-order valence-electron chi connectivity index (χ0n) is 14.1. The number of aromatic nitrogens is 3. The second kappa shape index (κ2) is 6.20. The Morgan fingerprint density at radius 2 is 2.21 bits per heavy atom. The molecule has 1 saturated heterocycles. The Kier molecular flexibility index (Phi) is 4.23. The average molecular weight is 331 g/mol. The van der Waals surface area contributed by atoms with E-state index in [0.29, 0.717) is 25.2 Å². The van der Waals surface area contributed by atoms with E-state index >= 15 is 0 Å². The molecule has 1 aliphatic rings. The minimum absolute atomic E-state index is 0.211. The molecule has 0 radical (unpaired) electrons. The molecule has 128 valence electrons. The molecule has 2 aromatic rings. The number of carbonyl (C=O) groups is 1. The predicted octanol–water partition coefficient (Wildman–Crippen LogP) is 0.795. The fourth-order valence-corrected chi connectivity index (χ4v) is 2.99. The third kappa shape index (κ3) is 3.23. The number of oxazole rings is 1. The van der Waals surface area contributed by atoms with Gasteiger partial charge in [0.2, 0.25) is 5.76 Å². The largest absolute Gasteiger partial charge is 0.438 e. The van der Waals surface area contributed by atoms with E-state index < -0.39 is 5.60 Å². The molecule has 8 heteroatoms. The summed E-state index contributed by atoms with van der Waals surface area (Å²) >= 11 is 0. The molecule has 0 bridgehead atoms. The summed E-state index contributed by atoms with van der Waals surface area (Å²) in [4.78, 5) is 28.2. The van der Waals surface area contributed by atoms with Gasteiger partial charge in [0.15, 0.2) is 6.39 Å². The number of likely N-dealkylation sites (N-methyl/N-ethyl adjacent to an activating group) is 1. The van der Waals surface area contributed by atoms with Crippen molar-refractivity contribution in [1.82, 2.24) is 19.9 Å². The Bertz CT molecular complexity index is 747. The van der Waals surface area contributed by atoms with E-state index in [1.165, 1.54) is 17.6 Å². The van der Waals surface area contributed by atoms with Crippen molar-refractivity contribution in [2.45, 2.75) is 25.9 Å². The molecule has 3 heterocycles. The van der Waals surface area contributed by atoms with Gasteiger partial charge in [0.05, 0.1) is 12.2 Å². The van der Waals surface area contributed by atoms with Crippen LogP contribution in [0.5, 0.6) is 0 Å². The van der Waals surface area contributed by atoms with Gasteiger partial charge in [0, 0.05) is 31.9 Å². The molecule has 8 nitrogen and oxygen atoms in total. The van der Waals surface area contributed by atoms with Crippen molar-refractivity contribution in [3.8, 4) is 0 Å². The first-order valence-electron chi connectivity index (χ1n) is 7.79. The number of β-amino-alcohol motifs (C(OH)–C–C–N with tert-alkyl or cyclic N) is 1. The second-order valence-electron chi connectivity index (χ2n) is 6.34. The molecule has 0 spiro atoms. The van der Waals surface area contributed by atoms with Gasteiger partial charge in [-0.2, -0.15) is 0 Å². The molecular formula is C16H21N5O3. The Balaban J connectivity index is 1.67. The van der Waals surface area contributed by atoms with Crippen molar-refractivity contribution in [3.05, 3.63) is 35.9 Å². The number of amides is 1. The van der Waals surface area contributed by atoms with Gasteiger partial charge in [-0.3, -0.25) is 4.79 Å². The van der Waals surface area contributed by atoms with Crippen LogP contribution in [0, 0.1) is 13.8 Å². The van der Waals surface area contributed by atoms with E-state index in [1.807, 2.05) is 17.9 Å². The maximum Gasteiger partial charge on any atom is 0.291 e. The first-order valence-corrected chi connectivity index (χ1v) is 7.79. The first-order chi connectivity index (χ1) is 11.4. The number of aliphatic hydroxyl groups is 1. The molecule has 1 aliphatic heterocycles. The van der Waals surface area contributed by atoms with Crippen LogP contribution in [0.1, 0.15) is 28.4 Å². The third-order valence-corrected chi connectivity index (χ3v) is 4.26. The van der Waals surface area contributed by atoms with Gasteiger partial charge in [0.1, 0.15) is 17.7 Å². The highest BCUT2D eigenvalue weighted by Crippen LogP contribution is 2.26. The summed E-state index contributed by atoms with van der Waals surface area (Å²) in [5.41, 5.74) is 0.434. The Morgan fingerprint density at radius 3 is 2.88 bits per heavy atom. The Hall–Kier alpha value is -2.48. The number of anilines is 1. The molecule has 2 aromatic heterocycles. The molecule has 1 fully saturated rings. The molecule has 1 amide bonds. The lowest BCUT2D eigenvalue weighted by Crippen LogP contribution is -2.46. The van der Waals surface area contributed by atoms with Crippen molar-refractivity contribution >= 4 is 11.7 Å². The minimum Gasteiger partial charge on any atom is -0.438 e. The van der Waals surface area contributed by atoms with Crippen LogP contribution < -0.4 is 4.90 Å². The normalized spacial score (nSPS) is 20.4. The van der Waals surface area contributed by atoms with Crippen LogP contribution in [0.3, 0.4) is 0 Å². The summed E-state index contributed by atoms with van der Waals surface area (Å²) < 4.78 is 5.14. The lowest BCUT2D eigenvalue weighted by Gasteiger charge is -2.28. The summed E-state index contributed by atoms with van der Waals surface area (Å²) in [5, 5.41) is 10.9. The van der Waals surface area contributed by atoms with Gasteiger partial charge in [-0.25, -0.2) is 15.0 Å². The SMILES string of the molecule is Cc1cc(N2CC[C@@](O)(CN(C)C(=O)c3ocnc3C)C2)ncn1. The topological polar surface area (TPSA) is 95.6 Å². The van der Waals surface area contributed by atoms with E-state index in [2.05, 4.69) is 15.0 Å². The smallest absolute Gasteiger partial charge is 0.291 e. The Morgan fingerprint density at radius 1 is 1.42 bits per heavy atom. The van der Waals surface area contributed by atoms with Crippen LogP contribution in [0.2, 0.25) is 0 Å². The highest BCUT2D eigenvalue weighted by atomic mass is 16.4. The predicted molar refractivity (Wildman–Crippen MR) is 86.7 cm³/mol. The van der Waals surface area contributed by atoms with E-state index in [-0.39, 0.29) is 18.2 Å². The molecule has 0 unspecified atom stereocenters. The quantitative estimate of drug-likeness (QED) is 0.885. The van der Waals surface area contributed by atoms with E-state index in [9.17, 15) is 9.90 Å². The summed E-state index contributed by atoms with van der Waals surface area (Å²) in [7, 11) is 1.65. The fraction of sp³-hybridized carbons (Fsp3) is 0.500. The second-order valence-corrected chi connectivity index (χ2v) is 6.34. The molecule has 1 atom stereocenters. The number of nitrogens with zero attached hydrogens (tertiary/aromatic N) is 5. The maximum absolute atomic E-state index is 12.4. The summed E-state index contributed by atoms with van der Waals surface area (Å²) in [6.07, 6.45) is 3.33. The zero-order chi connectivity index (χ0) is 17.3. The van der Waals surface area contributed by atoms with E-state index in [0.717, 1.165) is 11.5 Å². The van der Waals surface area contributed by atoms with Crippen molar-refractivity contribution < 1.29 is 14.3 Å². The number of hydrogen-bond acceptors (Lipinski definition) is 7. The lowest BCUT2D eigenvalue weighted by atomic mass is 10.0. The third-order valence-electron chi connectivity index (χ3n) is 4.26. The van der Waals surface area contributed by atoms with Gasteiger partial charge in [-0.15, -0.1) is 0 Å². The minimum atomic E-state index is -0.989. The highest BCUT2D eigenvalue weighted by Gasteiger charge is 2.39. The zero-order valence-corrected chi connectivity index (χ0v) is 14.1. The highest BCUT2D eigenvalue weighted by molar-refractivity contribution is 5.92. The summed E-state index contributed by atoms with van der Waals surface area (Å²) in [5.74, 6) is 0.718. The number of hydrogen-bond donors (Lipinski definition) is 1. The van der Waals surface area contributed by atoms with Gasteiger partial charge >= 0.3 is 0 Å². The monoisotopic (exact) mass is 331 g/mol. The van der Waals surface area contributed by atoms with Crippen molar-refractivity contribution in [2.75, 3.05) is 31.6 Å². The van der Waals surface area contributed by atoms with Crippen LogP contribution in [-0.4, -0.2) is 63.1 Å². The van der Waals surface area contributed by atoms with Gasteiger partial charge in [-0.05, 0) is 20.3 Å². The molecule has 0 saturated carbocycles. The number of aryl methyl sites for hydroxylation is 2. The molecule has 24 heavy (non-hydrogen) atoms. The number of rotatable bonds is 4. The lowest BCUT2D eigenvalue weighted by molar-refractivity contribution is 0.0251. The fourth-order valence-electron chi connectivity index (χ4n) is 2.99. The van der Waals surface area contributed by atoms with Gasteiger partial charge < -0.3 is 19.3 Å². The summed E-state index contributed by atoms with van der Waals surface area (Å²) in [6.45, 7) is 4.92. The van der Waals surface area contributed by atoms with Crippen molar-refractivity contribution in [2.24, 2.45) is 0 Å². The molecule has 0 aromatic carbocycles. The molecule has 1 N–H and O–H groups in total. The van der Waals surface area contributed by atoms with Crippen LogP contribution >= 0.6 is 0 Å². The standard InChI is InChI=1S/C16H21N5O3/c1-11-6-13(18-9-17-11)21-5-4-16(23,8-21)7-20(3)15(22)14-12(2)19-10-24-14/h6,9-10,23H,4-5,7-8H2,1-3H3/t16-/m1/s1. The average Bonchev–Trinajstić information content (AvgIpc) is 3.13. The van der Waals surface area contributed by atoms with Gasteiger partial charge in [0.25, 0.3) is 5.91 Å². The molecule has 3 rings (SSSR count). The summed E-state index contributed by atoms with van der Waals surface area (Å²) in [6, 6.07) is 1.89. The maximum atomic E-state index is 12.4. The van der Waals surface area contributed by atoms with Crippen molar-refractivity contribution in [3.63, 3.8) is 0 Å². The first kappa shape index (κ1) is 16.4. The van der Waals surface area contributed by atoms with Crippen LogP contribution in [0.15, 0.2) is 23.2 Å². The van der Waals surface area contributed by atoms with Crippen LogP contribution in [0.4, 0.5) is 5.82 Å². The van der Waals surface area contributed by atoms with E-state index in [1.54, 1.807) is 14.0 Å². The van der Waals surface area contributed by atoms with Gasteiger partial charge in [-0.1, -0.05) is 0 Å². The molecule has 0 aliphatic carbocycles. The Labute approximate surface area is 140 Å². The number of carbonyl (C=O) groups excluding carboxylic acids is 1. The van der Waals surface area contributed by atoms with Crippen molar-refractivity contribution in [1.29, 1.82) is 0 Å². The van der Waals surface area contributed by atoms with Crippen LogP contribution in [0.25, 0.3) is 0 Å². The molecular weight excluding hydrogens is 310 g/mol. The van der Waals surface area contributed by atoms with E-state index in [4.69, 9.17) is 4.42 Å². The van der Waals surface area contributed by atoms with Crippen LogP contribution in [-0.2, 0) is 0 Å².